The standard InChI is InChI=1S/C22H28N6O4/c1-32-21-24-13-16(14-25-21)18(12-19(29)30)28-11-10-27(22(28)31)9-3-5-17-7-6-15-4-2-8-23-20(15)26-17/h6-7,13-14,18H,2-5,8-12H2,1H3,(H,23,26)(H,29,30)/t18-/m0/s1. The number of pyridine rings is 1. The molecule has 10 heteroatoms. The molecular formula is C22H28N6O4. The van der Waals surface area contributed by atoms with Gasteiger partial charge in [-0.05, 0) is 37.3 Å². The number of carboxylic acid groups (broad SMARTS) is 1. The van der Waals surface area contributed by atoms with Crippen LogP contribution >= 0.6 is 0 Å². The first-order valence-electron chi connectivity index (χ1n) is 10.9. The van der Waals surface area contributed by atoms with E-state index in [2.05, 4.69) is 27.4 Å². The fourth-order valence-electron chi connectivity index (χ4n) is 4.23. The molecule has 32 heavy (non-hydrogen) atoms. The average Bonchev–Trinajstić information content (AvgIpc) is 3.17. The average molecular weight is 441 g/mol. The molecule has 0 spiro atoms. The van der Waals surface area contributed by atoms with Gasteiger partial charge >= 0.3 is 18.0 Å². The van der Waals surface area contributed by atoms with E-state index >= 15 is 0 Å². The summed E-state index contributed by atoms with van der Waals surface area (Å²) >= 11 is 0. The summed E-state index contributed by atoms with van der Waals surface area (Å²) in [6, 6.07) is 3.62. The number of carbonyl (C=O) groups is 2. The number of rotatable bonds is 9. The third-order valence-corrected chi connectivity index (χ3v) is 5.90. The predicted molar refractivity (Wildman–Crippen MR) is 117 cm³/mol. The molecule has 1 fully saturated rings. The second kappa shape index (κ2) is 9.80. The van der Waals surface area contributed by atoms with E-state index in [1.165, 1.54) is 25.1 Å². The first kappa shape index (κ1) is 21.8. The van der Waals surface area contributed by atoms with E-state index in [4.69, 9.17) is 9.72 Å². The molecule has 0 aliphatic carbocycles. The summed E-state index contributed by atoms with van der Waals surface area (Å²) in [6.07, 6.45) is 6.60. The van der Waals surface area contributed by atoms with Crippen molar-refractivity contribution in [2.75, 3.05) is 38.6 Å². The van der Waals surface area contributed by atoms with E-state index in [-0.39, 0.29) is 18.5 Å². The van der Waals surface area contributed by atoms with Gasteiger partial charge in [-0.15, -0.1) is 0 Å². The summed E-state index contributed by atoms with van der Waals surface area (Å²) in [5.74, 6) is -0.000409. The van der Waals surface area contributed by atoms with Crippen LogP contribution in [0.25, 0.3) is 0 Å². The molecule has 10 nitrogen and oxygen atoms in total. The van der Waals surface area contributed by atoms with Crippen molar-refractivity contribution in [2.24, 2.45) is 0 Å². The summed E-state index contributed by atoms with van der Waals surface area (Å²) in [4.78, 5) is 40.7. The molecule has 2 aromatic heterocycles. The molecule has 1 atom stereocenters. The third kappa shape index (κ3) is 4.90. The van der Waals surface area contributed by atoms with Gasteiger partial charge in [0.25, 0.3) is 0 Å². The van der Waals surface area contributed by atoms with E-state index in [1.54, 1.807) is 9.80 Å². The van der Waals surface area contributed by atoms with Gasteiger partial charge in [0, 0.05) is 49.8 Å². The Balaban J connectivity index is 1.36. The first-order chi connectivity index (χ1) is 15.5. The number of carbonyl (C=O) groups excluding carboxylic acids is 1. The summed E-state index contributed by atoms with van der Waals surface area (Å²) in [5, 5.41) is 12.7. The van der Waals surface area contributed by atoms with E-state index in [0.717, 1.165) is 43.7 Å². The first-order valence-corrected chi connectivity index (χ1v) is 10.9. The van der Waals surface area contributed by atoms with Gasteiger partial charge in [0.05, 0.1) is 19.6 Å². The Hall–Kier alpha value is -3.43. The van der Waals surface area contributed by atoms with E-state index in [0.29, 0.717) is 25.2 Å². The number of fused-ring (bicyclic) bond motifs is 1. The fourth-order valence-corrected chi connectivity index (χ4v) is 4.23. The molecule has 0 bridgehead atoms. The van der Waals surface area contributed by atoms with Crippen molar-refractivity contribution in [3.05, 3.63) is 41.3 Å². The van der Waals surface area contributed by atoms with E-state index < -0.39 is 12.0 Å². The zero-order valence-corrected chi connectivity index (χ0v) is 18.2. The molecule has 2 aliphatic rings. The maximum absolute atomic E-state index is 13.0. The highest BCUT2D eigenvalue weighted by atomic mass is 16.5. The molecule has 4 heterocycles. The van der Waals surface area contributed by atoms with Crippen molar-refractivity contribution in [1.82, 2.24) is 24.8 Å². The van der Waals surface area contributed by atoms with Crippen molar-refractivity contribution in [1.29, 1.82) is 0 Å². The number of urea groups is 1. The number of hydrogen-bond donors (Lipinski definition) is 2. The number of aliphatic carboxylic acids is 1. The number of anilines is 1. The fraction of sp³-hybridized carbons (Fsp3) is 0.500. The lowest BCUT2D eigenvalue weighted by atomic mass is 10.1. The summed E-state index contributed by atoms with van der Waals surface area (Å²) in [6.45, 7) is 2.58. The highest BCUT2D eigenvalue weighted by molar-refractivity contribution is 5.78. The molecule has 0 radical (unpaired) electrons. The molecule has 4 rings (SSSR count). The van der Waals surface area contributed by atoms with Crippen LogP contribution in [0.2, 0.25) is 0 Å². The second-order valence-electron chi connectivity index (χ2n) is 8.02. The predicted octanol–water partition coefficient (Wildman–Crippen LogP) is 2.12. The summed E-state index contributed by atoms with van der Waals surface area (Å²) < 4.78 is 4.97. The summed E-state index contributed by atoms with van der Waals surface area (Å²) in [7, 11) is 1.46. The quantitative estimate of drug-likeness (QED) is 0.608. The van der Waals surface area contributed by atoms with Gasteiger partial charge in [0.2, 0.25) is 0 Å². The topological polar surface area (TPSA) is 121 Å². The van der Waals surface area contributed by atoms with Gasteiger partial charge in [-0.3, -0.25) is 4.79 Å². The number of nitrogens with zero attached hydrogens (tertiary/aromatic N) is 5. The lowest BCUT2D eigenvalue weighted by molar-refractivity contribution is -0.138. The van der Waals surface area contributed by atoms with Gasteiger partial charge in [-0.1, -0.05) is 6.07 Å². The Morgan fingerprint density at radius 2 is 2.09 bits per heavy atom. The van der Waals surface area contributed by atoms with Crippen LogP contribution in [0.1, 0.15) is 42.1 Å². The van der Waals surface area contributed by atoms with Crippen molar-refractivity contribution >= 4 is 17.8 Å². The van der Waals surface area contributed by atoms with Gasteiger partial charge in [0.15, 0.2) is 0 Å². The van der Waals surface area contributed by atoms with Gasteiger partial charge in [-0.2, -0.15) is 0 Å². The lowest BCUT2D eigenvalue weighted by Crippen LogP contribution is -2.36. The van der Waals surface area contributed by atoms with E-state index in [1.807, 2.05) is 0 Å². The molecule has 2 N–H and O–H groups in total. The molecule has 0 unspecified atom stereocenters. The SMILES string of the molecule is COc1ncc([C@H](CC(=O)O)N2CCN(CCCc3ccc4c(n3)NCCC4)C2=O)cn1. The molecule has 2 aromatic rings. The molecule has 0 saturated carbocycles. The Morgan fingerprint density at radius 1 is 1.28 bits per heavy atom. The van der Waals surface area contributed by atoms with Crippen LogP contribution in [-0.4, -0.2) is 75.1 Å². The van der Waals surface area contributed by atoms with Crippen LogP contribution in [-0.2, 0) is 17.6 Å². The number of aromatic nitrogens is 3. The number of nitrogens with one attached hydrogen (secondary N) is 1. The zero-order valence-electron chi connectivity index (χ0n) is 18.2. The van der Waals surface area contributed by atoms with Crippen LogP contribution in [0.5, 0.6) is 6.01 Å². The lowest BCUT2D eigenvalue weighted by Gasteiger charge is -2.27. The number of carboxylic acids is 1. The van der Waals surface area contributed by atoms with Crippen LogP contribution in [0.4, 0.5) is 10.6 Å². The monoisotopic (exact) mass is 440 g/mol. The molecule has 0 aromatic carbocycles. The maximum Gasteiger partial charge on any atom is 0.320 e. The van der Waals surface area contributed by atoms with Crippen molar-refractivity contribution in [3.63, 3.8) is 0 Å². The Bertz CT molecular complexity index is 967. The van der Waals surface area contributed by atoms with Gasteiger partial charge in [0.1, 0.15) is 5.82 Å². The number of hydrogen-bond acceptors (Lipinski definition) is 7. The Kier molecular flexibility index (Phi) is 6.67. The van der Waals surface area contributed by atoms with Crippen molar-refractivity contribution in [2.45, 2.75) is 38.1 Å². The molecule has 1 saturated heterocycles. The number of amides is 2. The summed E-state index contributed by atoms with van der Waals surface area (Å²) in [5.41, 5.74) is 2.85. The minimum atomic E-state index is -0.982. The number of aryl methyl sites for hydroxylation is 2. The number of ether oxygens (including phenoxy) is 1. The number of methoxy groups -OCH3 is 1. The third-order valence-electron chi connectivity index (χ3n) is 5.90. The minimum absolute atomic E-state index is 0.160. The Morgan fingerprint density at radius 3 is 2.84 bits per heavy atom. The van der Waals surface area contributed by atoms with Crippen LogP contribution < -0.4 is 10.1 Å². The maximum atomic E-state index is 13.0. The van der Waals surface area contributed by atoms with Crippen LogP contribution in [0.3, 0.4) is 0 Å². The minimum Gasteiger partial charge on any atom is -0.481 e. The van der Waals surface area contributed by atoms with E-state index in [9.17, 15) is 14.7 Å². The highest BCUT2D eigenvalue weighted by Gasteiger charge is 2.35. The highest BCUT2D eigenvalue weighted by Crippen LogP contribution is 2.28. The van der Waals surface area contributed by atoms with Crippen LogP contribution in [0, 0.1) is 0 Å². The molecule has 2 aliphatic heterocycles. The Labute approximate surface area is 186 Å². The van der Waals surface area contributed by atoms with Gasteiger partial charge < -0.3 is 25.0 Å². The molecule has 2 amide bonds. The molecular weight excluding hydrogens is 412 g/mol. The largest absolute Gasteiger partial charge is 0.481 e. The normalized spacial score (nSPS) is 16.5. The van der Waals surface area contributed by atoms with Crippen molar-refractivity contribution < 1.29 is 19.4 Å². The van der Waals surface area contributed by atoms with Gasteiger partial charge in [-0.25, -0.2) is 19.7 Å². The van der Waals surface area contributed by atoms with Crippen LogP contribution in [0.15, 0.2) is 24.5 Å². The molecule has 170 valence electrons. The second-order valence-corrected chi connectivity index (χ2v) is 8.02. The zero-order chi connectivity index (χ0) is 22.5. The smallest absolute Gasteiger partial charge is 0.320 e. The van der Waals surface area contributed by atoms with Crippen molar-refractivity contribution in [3.8, 4) is 6.01 Å².